The molecule has 2 N–H and O–H groups in total. The summed E-state index contributed by atoms with van der Waals surface area (Å²) in [5, 5.41) is 2.47. The Morgan fingerprint density at radius 3 is 2.80 bits per heavy atom. The molecule has 4 heteroatoms. The smallest absolute Gasteiger partial charge is 0.324 e. The predicted molar refractivity (Wildman–Crippen MR) is 45.0 cm³/mol. The number of carbonyl (C=O) groups excluding carboxylic acids is 1. The minimum Gasteiger partial charge on any atom is -0.341 e. The first-order valence-corrected chi connectivity index (χ1v) is 4.39. The van der Waals surface area contributed by atoms with Crippen molar-refractivity contribution in [3.8, 4) is 0 Å². The Morgan fingerprint density at radius 2 is 2.30 bits per heavy atom. The summed E-state index contributed by atoms with van der Waals surface area (Å²) in [6.07, 6.45) is 2.32. The number of hydrogen-bond acceptors (Lipinski definition) is 2. The molecule has 0 bridgehead atoms. The average molecular weight is 162 g/mol. The fourth-order valence-corrected chi connectivity index (χ4v) is 1.15. The molecule has 3 nitrogen and oxygen atoms in total. The van der Waals surface area contributed by atoms with Crippen molar-refractivity contribution in [3.63, 3.8) is 0 Å². The van der Waals surface area contributed by atoms with E-state index in [1.165, 1.54) is 18.4 Å². The lowest BCUT2D eigenvalue weighted by molar-refractivity contribution is 0.248. The molecule has 0 saturated carbocycles. The molecule has 0 unspecified atom stereocenters. The molecule has 60 valence electrons. The van der Waals surface area contributed by atoms with Crippen LogP contribution in [0.2, 0.25) is 0 Å². The van der Waals surface area contributed by atoms with E-state index in [0.29, 0.717) is 0 Å². The van der Waals surface area contributed by atoms with Crippen molar-refractivity contribution in [2.75, 3.05) is 12.8 Å². The van der Waals surface area contributed by atoms with Crippen LogP contribution >= 0.6 is 11.9 Å². The van der Waals surface area contributed by atoms with E-state index in [4.69, 9.17) is 0 Å². The molecule has 0 heterocycles. The molecule has 2 amide bonds. The lowest BCUT2D eigenvalue weighted by atomic mass is 10.4. The van der Waals surface area contributed by atoms with Crippen molar-refractivity contribution in [2.24, 2.45) is 0 Å². The average Bonchev–Trinajstić information content (AvgIpc) is 1.98. The zero-order valence-electron chi connectivity index (χ0n) is 6.44. The Kier molecular flexibility index (Phi) is 6.48. The first-order valence-electron chi connectivity index (χ1n) is 3.40. The van der Waals surface area contributed by atoms with Gasteiger partial charge in [0.1, 0.15) is 0 Å². The van der Waals surface area contributed by atoms with Crippen molar-refractivity contribution in [1.82, 2.24) is 10.0 Å². The van der Waals surface area contributed by atoms with Gasteiger partial charge in [-0.2, -0.15) is 0 Å². The van der Waals surface area contributed by atoms with E-state index in [-0.39, 0.29) is 6.03 Å². The van der Waals surface area contributed by atoms with Gasteiger partial charge in [0.05, 0.1) is 0 Å². The van der Waals surface area contributed by atoms with Crippen LogP contribution in [0.5, 0.6) is 0 Å². The summed E-state index contributed by atoms with van der Waals surface area (Å²) in [5.41, 5.74) is 0. The van der Waals surface area contributed by atoms with Crippen LogP contribution in [0.25, 0.3) is 0 Å². The minimum absolute atomic E-state index is 0.124. The number of amides is 2. The molecule has 0 aromatic heterocycles. The van der Waals surface area contributed by atoms with E-state index in [1.54, 1.807) is 7.05 Å². The summed E-state index contributed by atoms with van der Waals surface area (Å²) >= 11 is 1.45. The van der Waals surface area contributed by atoms with Crippen molar-refractivity contribution < 1.29 is 4.79 Å². The van der Waals surface area contributed by atoms with Gasteiger partial charge in [-0.15, -0.1) is 0 Å². The highest BCUT2D eigenvalue weighted by Gasteiger charge is 1.92. The zero-order valence-corrected chi connectivity index (χ0v) is 7.25. The Bertz CT molecular complexity index is 97.7. The van der Waals surface area contributed by atoms with Crippen LogP contribution in [0.1, 0.15) is 19.8 Å². The van der Waals surface area contributed by atoms with Crippen LogP contribution in [0.3, 0.4) is 0 Å². The molecule has 0 aromatic carbocycles. The quantitative estimate of drug-likeness (QED) is 0.484. The molecule has 0 radical (unpaired) electrons. The van der Waals surface area contributed by atoms with Gasteiger partial charge in [-0.05, 0) is 18.4 Å². The summed E-state index contributed by atoms with van der Waals surface area (Å²) in [5.74, 6) is 0.990. The molecule has 0 aliphatic rings. The summed E-state index contributed by atoms with van der Waals surface area (Å²) in [6, 6.07) is -0.124. The molecule has 0 atom stereocenters. The number of urea groups is 1. The van der Waals surface area contributed by atoms with E-state index < -0.39 is 0 Å². The van der Waals surface area contributed by atoms with Gasteiger partial charge in [0.25, 0.3) is 0 Å². The van der Waals surface area contributed by atoms with Gasteiger partial charge in [-0.1, -0.05) is 13.3 Å². The summed E-state index contributed by atoms with van der Waals surface area (Å²) in [7, 11) is 1.61. The Hall–Kier alpha value is -0.380. The summed E-state index contributed by atoms with van der Waals surface area (Å²) in [4.78, 5) is 10.5. The fraction of sp³-hybridized carbons (Fsp3) is 0.833. The second kappa shape index (κ2) is 6.74. The molecule has 0 saturated heterocycles. The maximum absolute atomic E-state index is 10.5. The van der Waals surface area contributed by atoms with Crippen LogP contribution in [-0.4, -0.2) is 18.8 Å². The number of hydrogen-bond donors (Lipinski definition) is 2. The van der Waals surface area contributed by atoms with Gasteiger partial charge < -0.3 is 5.32 Å². The molecule has 0 fully saturated rings. The van der Waals surface area contributed by atoms with Gasteiger partial charge in [-0.25, -0.2) is 4.79 Å². The Morgan fingerprint density at radius 1 is 1.60 bits per heavy atom. The highest BCUT2D eigenvalue weighted by molar-refractivity contribution is 7.97. The van der Waals surface area contributed by atoms with Crippen molar-refractivity contribution in [3.05, 3.63) is 0 Å². The van der Waals surface area contributed by atoms with Gasteiger partial charge in [0.2, 0.25) is 0 Å². The number of unbranched alkanes of at least 4 members (excludes halogenated alkanes) is 1. The molecule has 0 aliphatic heterocycles. The highest BCUT2D eigenvalue weighted by Crippen LogP contribution is 1.98. The monoisotopic (exact) mass is 162 g/mol. The third-order valence-electron chi connectivity index (χ3n) is 0.992. The second-order valence-corrected chi connectivity index (χ2v) is 2.78. The van der Waals surface area contributed by atoms with E-state index >= 15 is 0 Å². The maximum Gasteiger partial charge on any atom is 0.324 e. The van der Waals surface area contributed by atoms with E-state index in [1.807, 2.05) is 0 Å². The molecule has 0 spiro atoms. The lowest BCUT2D eigenvalue weighted by Gasteiger charge is -2.00. The SMILES string of the molecule is CCCCSNC(=O)NC. The number of rotatable bonds is 4. The van der Waals surface area contributed by atoms with Gasteiger partial charge in [-0.3, -0.25) is 4.72 Å². The number of carbonyl (C=O) groups is 1. The van der Waals surface area contributed by atoms with Crippen LogP contribution in [0, 0.1) is 0 Å². The van der Waals surface area contributed by atoms with Crippen LogP contribution < -0.4 is 10.0 Å². The molecule has 0 aromatic rings. The normalized spacial score (nSPS) is 9.00. The summed E-state index contributed by atoms with van der Waals surface area (Å²) < 4.78 is 2.63. The predicted octanol–water partition coefficient (Wildman–Crippen LogP) is 1.36. The standard InChI is InChI=1S/C6H14N2OS/c1-3-4-5-10-8-6(9)7-2/h3-5H2,1-2H3,(H2,7,8,9). The summed E-state index contributed by atoms with van der Waals surface area (Å²) in [6.45, 7) is 2.13. The molecular weight excluding hydrogens is 148 g/mol. The number of nitrogens with one attached hydrogen (secondary N) is 2. The molecule has 0 aliphatic carbocycles. The molecular formula is C6H14N2OS. The van der Waals surface area contributed by atoms with E-state index in [9.17, 15) is 4.79 Å². The zero-order chi connectivity index (χ0) is 7.82. The van der Waals surface area contributed by atoms with Gasteiger partial charge >= 0.3 is 6.03 Å². The minimum atomic E-state index is -0.124. The van der Waals surface area contributed by atoms with Gasteiger partial charge in [0.15, 0.2) is 0 Å². The van der Waals surface area contributed by atoms with Crippen molar-refractivity contribution >= 4 is 18.0 Å². The van der Waals surface area contributed by atoms with Crippen LogP contribution in [0.15, 0.2) is 0 Å². The largest absolute Gasteiger partial charge is 0.341 e. The third kappa shape index (κ3) is 5.75. The van der Waals surface area contributed by atoms with E-state index in [0.717, 1.165) is 12.2 Å². The first-order chi connectivity index (χ1) is 4.81. The van der Waals surface area contributed by atoms with E-state index in [2.05, 4.69) is 17.0 Å². The Labute approximate surface area is 66.1 Å². The second-order valence-electron chi connectivity index (χ2n) is 1.88. The molecule has 0 rings (SSSR count). The van der Waals surface area contributed by atoms with Gasteiger partial charge in [0, 0.05) is 12.8 Å². The Balaban J connectivity index is 2.96. The van der Waals surface area contributed by atoms with Crippen molar-refractivity contribution in [1.29, 1.82) is 0 Å². The maximum atomic E-state index is 10.5. The first kappa shape index (κ1) is 9.62. The topological polar surface area (TPSA) is 41.1 Å². The van der Waals surface area contributed by atoms with Crippen molar-refractivity contribution in [2.45, 2.75) is 19.8 Å². The van der Waals surface area contributed by atoms with Crippen LogP contribution in [-0.2, 0) is 0 Å². The van der Waals surface area contributed by atoms with Crippen LogP contribution in [0.4, 0.5) is 4.79 Å². The third-order valence-corrected chi connectivity index (χ3v) is 1.81. The highest BCUT2D eigenvalue weighted by atomic mass is 32.2. The fourth-order valence-electron chi connectivity index (χ4n) is 0.384. The lowest BCUT2D eigenvalue weighted by Crippen LogP contribution is -2.27. The molecule has 10 heavy (non-hydrogen) atoms.